The van der Waals surface area contributed by atoms with Crippen molar-refractivity contribution in [2.75, 3.05) is 0 Å². The maximum atomic E-state index is 2.59. The molecule has 0 fully saturated rings. The molecule has 0 aliphatic heterocycles. The molecule has 5 aromatic heterocycles. The van der Waals surface area contributed by atoms with Crippen LogP contribution in [0.15, 0.2) is 158 Å². The van der Waals surface area contributed by atoms with Gasteiger partial charge in [-0.25, -0.2) is 0 Å². The summed E-state index contributed by atoms with van der Waals surface area (Å²) in [5.41, 5.74) is 12.7. The summed E-state index contributed by atoms with van der Waals surface area (Å²) >= 11 is 1.90. The summed E-state index contributed by atoms with van der Waals surface area (Å²) in [6, 6.07) is 58.9. The van der Waals surface area contributed by atoms with Crippen LogP contribution in [0.25, 0.3) is 119 Å². The molecule has 0 N–H and O–H groups in total. The molecule has 3 heteroatoms. The second-order valence-electron chi connectivity index (χ2n) is 14.0. The topological polar surface area (TPSA) is 8.82 Å². The summed E-state index contributed by atoms with van der Waals surface area (Å²) < 4.78 is 7.78. The first kappa shape index (κ1) is 26.4. The number of para-hydroxylation sites is 2. The Morgan fingerprint density at radius 1 is 0.314 bits per heavy atom. The van der Waals surface area contributed by atoms with E-state index in [4.69, 9.17) is 0 Å². The first-order valence-corrected chi connectivity index (χ1v) is 18.4. The van der Waals surface area contributed by atoms with E-state index in [1.165, 1.54) is 119 Å². The van der Waals surface area contributed by atoms with Gasteiger partial charge in [-0.15, -0.1) is 11.3 Å². The van der Waals surface area contributed by atoms with Crippen LogP contribution in [0.2, 0.25) is 0 Å². The van der Waals surface area contributed by atoms with Crippen molar-refractivity contribution in [3.05, 3.63) is 158 Å². The van der Waals surface area contributed by atoms with E-state index in [0.717, 1.165) is 0 Å². The van der Waals surface area contributed by atoms with Crippen molar-refractivity contribution in [2.24, 2.45) is 0 Å². The molecule has 8 aromatic carbocycles. The number of hydrogen-bond acceptors (Lipinski definition) is 1. The first-order valence-electron chi connectivity index (χ1n) is 17.6. The molecule has 234 valence electrons. The van der Waals surface area contributed by atoms with E-state index in [-0.39, 0.29) is 0 Å². The van der Waals surface area contributed by atoms with Gasteiger partial charge < -0.3 is 8.80 Å². The van der Waals surface area contributed by atoms with E-state index in [1.807, 2.05) is 11.3 Å². The fourth-order valence-electron chi connectivity index (χ4n) is 9.59. The highest BCUT2D eigenvalue weighted by atomic mass is 32.1. The zero-order valence-corrected chi connectivity index (χ0v) is 28.1. The summed E-state index contributed by atoms with van der Waals surface area (Å²) in [5, 5.41) is 13.2. The Morgan fingerprint density at radius 3 is 1.90 bits per heavy atom. The maximum Gasteiger partial charge on any atom is 0.0627 e. The maximum absolute atomic E-state index is 2.59. The van der Waals surface area contributed by atoms with Crippen molar-refractivity contribution in [1.29, 1.82) is 0 Å². The molecule has 0 aliphatic rings. The molecule has 0 saturated carbocycles. The van der Waals surface area contributed by atoms with E-state index in [2.05, 4.69) is 167 Å². The molecular weight excluding hydrogens is 637 g/mol. The number of aromatic nitrogens is 2. The van der Waals surface area contributed by atoms with Crippen LogP contribution < -0.4 is 0 Å². The largest absolute Gasteiger partial charge is 0.308 e. The van der Waals surface area contributed by atoms with Crippen LogP contribution in [-0.2, 0) is 0 Å². The first-order chi connectivity index (χ1) is 25.3. The molecule has 0 saturated heterocycles. The van der Waals surface area contributed by atoms with Crippen molar-refractivity contribution >= 4 is 108 Å². The summed E-state index contributed by atoms with van der Waals surface area (Å²) in [4.78, 5) is 0. The monoisotopic (exact) mass is 662 g/mol. The number of rotatable bonds is 2. The van der Waals surface area contributed by atoms with Gasteiger partial charge in [0.2, 0.25) is 0 Å². The molecule has 0 aliphatic carbocycles. The third-order valence-electron chi connectivity index (χ3n) is 11.6. The molecule has 0 atom stereocenters. The van der Waals surface area contributed by atoms with Crippen LogP contribution in [0.3, 0.4) is 0 Å². The average molecular weight is 663 g/mol. The minimum Gasteiger partial charge on any atom is -0.308 e. The Hall–Kier alpha value is -6.42. The van der Waals surface area contributed by atoms with Gasteiger partial charge in [0.15, 0.2) is 0 Å². The minimum atomic E-state index is 1.23. The van der Waals surface area contributed by atoms with Gasteiger partial charge in [0.1, 0.15) is 0 Å². The molecule has 0 unspecified atom stereocenters. The zero-order valence-electron chi connectivity index (χ0n) is 27.3. The quantitative estimate of drug-likeness (QED) is 0.174. The lowest BCUT2D eigenvalue weighted by molar-refractivity contribution is 1.36. The standard InChI is InChI=1S/C48H26N2S/c1-2-11-27(12-3-1)28-13-4-5-14-29(28)31-21-22-35-45-39(23-24-43-46(45)34-16-7-9-20-42(34)51-43)50-41-25-36-33-18-10-17-32-30-15-6-8-19-38(30)49(47(32)33)40(36)26-37(41)44(31)48(35)50/h1-26H. The van der Waals surface area contributed by atoms with Gasteiger partial charge in [-0.05, 0) is 58.7 Å². The van der Waals surface area contributed by atoms with Gasteiger partial charge in [-0.1, -0.05) is 121 Å². The molecule has 0 radical (unpaired) electrons. The number of benzene rings is 8. The molecule has 13 rings (SSSR count). The van der Waals surface area contributed by atoms with Gasteiger partial charge in [0, 0.05) is 63.3 Å². The highest BCUT2D eigenvalue weighted by Crippen LogP contribution is 2.50. The Bertz CT molecular complexity index is 3580. The lowest BCUT2D eigenvalue weighted by atomic mass is 9.91. The van der Waals surface area contributed by atoms with Gasteiger partial charge in [0.25, 0.3) is 0 Å². The molecule has 13 aromatic rings. The Labute approximate surface area is 295 Å². The van der Waals surface area contributed by atoms with Crippen LogP contribution in [0, 0.1) is 0 Å². The summed E-state index contributed by atoms with van der Waals surface area (Å²) in [5.74, 6) is 0. The van der Waals surface area contributed by atoms with Crippen LogP contribution >= 0.6 is 11.3 Å². The summed E-state index contributed by atoms with van der Waals surface area (Å²) in [7, 11) is 0. The van der Waals surface area contributed by atoms with Gasteiger partial charge in [0.05, 0.1) is 33.1 Å². The summed E-state index contributed by atoms with van der Waals surface area (Å²) in [6.45, 7) is 0. The van der Waals surface area contributed by atoms with E-state index in [1.54, 1.807) is 0 Å². The number of fused-ring (bicyclic) bond motifs is 16. The van der Waals surface area contributed by atoms with Crippen LogP contribution in [0.1, 0.15) is 0 Å². The van der Waals surface area contributed by atoms with E-state index in [0.29, 0.717) is 0 Å². The second-order valence-corrected chi connectivity index (χ2v) is 15.1. The van der Waals surface area contributed by atoms with Gasteiger partial charge in [-0.3, -0.25) is 0 Å². The second kappa shape index (κ2) is 9.22. The highest BCUT2D eigenvalue weighted by Gasteiger charge is 2.26. The van der Waals surface area contributed by atoms with Gasteiger partial charge >= 0.3 is 0 Å². The third-order valence-corrected chi connectivity index (χ3v) is 12.7. The van der Waals surface area contributed by atoms with E-state index < -0.39 is 0 Å². The Morgan fingerprint density at radius 2 is 1.00 bits per heavy atom. The van der Waals surface area contributed by atoms with Crippen molar-refractivity contribution in [1.82, 2.24) is 8.80 Å². The molecule has 5 heterocycles. The van der Waals surface area contributed by atoms with Gasteiger partial charge in [-0.2, -0.15) is 0 Å². The van der Waals surface area contributed by atoms with E-state index in [9.17, 15) is 0 Å². The number of thiophene rings is 1. The lowest BCUT2D eigenvalue weighted by Crippen LogP contribution is -1.86. The molecule has 51 heavy (non-hydrogen) atoms. The average Bonchev–Trinajstić information content (AvgIpc) is 3.98. The van der Waals surface area contributed by atoms with E-state index >= 15 is 0 Å². The SMILES string of the molecule is c1ccc(-c2ccccc2-c2ccc3c4c5c(ccc4n4c6cc7c8cccc9c%10ccccc%10n(c7cc6c2c34)c98)sc2ccccc25)cc1. The number of nitrogens with zero attached hydrogens (tertiary/aromatic N) is 2. The highest BCUT2D eigenvalue weighted by molar-refractivity contribution is 7.26. The molecule has 0 spiro atoms. The molecule has 2 nitrogen and oxygen atoms in total. The Kier molecular flexibility index (Phi) is 4.78. The molecule has 0 bridgehead atoms. The smallest absolute Gasteiger partial charge is 0.0627 e. The van der Waals surface area contributed by atoms with Crippen molar-refractivity contribution in [2.45, 2.75) is 0 Å². The third kappa shape index (κ3) is 3.15. The van der Waals surface area contributed by atoms with Crippen LogP contribution in [-0.4, -0.2) is 8.80 Å². The molecule has 0 amide bonds. The minimum absolute atomic E-state index is 1.23. The summed E-state index contributed by atoms with van der Waals surface area (Å²) in [6.07, 6.45) is 0. The van der Waals surface area contributed by atoms with Crippen LogP contribution in [0.5, 0.6) is 0 Å². The number of hydrogen-bond donors (Lipinski definition) is 0. The molecular formula is C48H26N2S. The van der Waals surface area contributed by atoms with Crippen molar-refractivity contribution in [3.63, 3.8) is 0 Å². The fourth-order valence-corrected chi connectivity index (χ4v) is 10.7. The predicted octanol–water partition coefficient (Wildman–Crippen LogP) is 13.7. The fraction of sp³-hybridized carbons (Fsp3) is 0. The van der Waals surface area contributed by atoms with Crippen molar-refractivity contribution < 1.29 is 0 Å². The van der Waals surface area contributed by atoms with Crippen LogP contribution in [0.4, 0.5) is 0 Å². The van der Waals surface area contributed by atoms with Crippen molar-refractivity contribution in [3.8, 4) is 22.3 Å². The Balaban J connectivity index is 1.28. The normalized spacial score (nSPS) is 12.7. The zero-order chi connectivity index (χ0) is 32.9. The lowest BCUT2D eigenvalue weighted by Gasteiger charge is -2.12. The predicted molar refractivity (Wildman–Crippen MR) is 220 cm³/mol.